The van der Waals surface area contributed by atoms with Crippen molar-refractivity contribution >= 4 is 6.29 Å². The summed E-state index contributed by atoms with van der Waals surface area (Å²) in [5.74, 6) is 0. The molecule has 1 radical (unpaired) electrons. The van der Waals surface area contributed by atoms with E-state index < -0.39 is 6.04 Å². The van der Waals surface area contributed by atoms with E-state index in [0.29, 0.717) is 12.8 Å². The van der Waals surface area contributed by atoms with Crippen molar-refractivity contribution < 1.29 is 9.72 Å². The molecule has 0 saturated heterocycles. The van der Waals surface area contributed by atoms with E-state index in [-0.39, 0.29) is 4.92 Å². The number of carbonyl (C=O) groups excluding carboxylic acids is 1. The summed E-state index contributed by atoms with van der Waals surface area (Å²) in [6.07, 6.45) is 18.8. The fourth-order valence-corrected chi connectivity index (χ4v) is 2.47. The van der Waals surface area contributed by atoms with Gasteiger partial charge in [-0.15, -0.1) is 0 Å². The molecule has 0 aromatic carbocycles. The van der Waals surface area contributed by atoms with Crippen LogP contribution in [-0.2, 0) is 4.79 Å². The normalized spacial score (nSPS) is 12.6. The highest BCUT2D eigenvalue weighted by Gasteiger charge is 2.14. The maximum absolute atomic E-state index is 11.0. The minimum absolute atomic E-state index is 0.160. The molecule has 4 nitrogen and oxygen atoms in total. The molecular weight excluding hydrogens is 278 g/mol. The smallest absolute Gasteiger partial charge is 0.231 e. The first-order valence-corrected chi connectivity index (χ1v) is 8.87. The molecule has 0 N–H and O–H groups in total. The number of unbranched alkanes of at least 4 members (excludes halogenated alkanes) is 10. The zero-order valence-electron chi connectivity index (χ0n) is 14.1. The van der Waals surface area contributed by atoms with Crippen LogP contribution in [0.25, 0.3) is 0 Å². The van der Waals surface area contributed by atoms with Gasteiger partial charge in [-0.25, -0.2) is 0 Å². The molecule has 0 amide bonds. The standard InChI is InChI=1S/C18H32NO3/c1-2-3-4-9-12-15-18(19(21)22)16-13-10-7-5-6-8-11-14-17-20/h12,15,18H,2-11,13-14,16H2,1H3/b15-12+. The average Bonchev–Trinajstić information content (AvgIpc) is 2.50. The Morgan fingerprint density at radius 1 is 1.00 bits per heavy atom. The lowest BCUT2D eigenvalue weighted by atomic mass is 10.0. The third kappa shape index (κ3) is 13.8. The van der Waals surface area contributed by atoms with Crippen molar-refractivity contribution in [1.82, 2.24) is 0 Å². The van der Waals surface area contributed by atoms with Crippen LogP contribution in [0.1, 0.15) is 90.4 Å². The van der Waals surface area contributed by atoms with E-state index >= 15 is 0 Å². The summed E-state index contributed by atoms with van der Waals surface area (Å²) < 4.78 is 0. The van der Waals surface area contributed by atoms with Gasteiger partial charge in [-0.05, 0) is 31.8 Å². The van der Waals surface area contributed by atoms with Crippen molar-refractivity contribution in [1.29, 1.82) is 0 Å². The number of hydrogen-bond acceptors (Lipinski definition) is 3. The van der Waals surface area contributed by atoms with Gasteiger partial charge in [0.1, 0.15) is 0 Å². The Morgan fingerprint density at radius 3 is 2.23 bits per heavy atom. The van der Waals surface area contributed by atoms with Gasteiger partial charge in [0.05, 0.1) is 0 Å². The Balaban J connectivity index is 3.61. The molecule has 0 saturated carbocycles. The summed E-state index contributed by atoms with van der Waals surface area (Å²) in [5.41, 5.74) is 0. The first kappa shape index (κ1) is 20.8. The van der Waals surface area contributed by atoms with Gasteiger partial charge in [0.25, 0.3) is 0 Å². The van der Waals surface area contributed by atoms with Crippen molar-refractivity contribution in [3.05, 3.63) is 22.3 Å². The Bertz CT molecular complexity index is 303. The summed E-state index contributed by atoms with van der Waals surface area (Å²) >= 11 is 0. The summed E-state index contributed by atoms with van der Waals surface area (Å²) in [5, 5.41) is 11.0. The summed E-state index contributed by atoms with van der Waals surface area (Å²) in [6.45, 7) is 2.16. The SMILES string of the molecule is CCCCC/C=C/C(CCCCCCCCC[C]=O)[N+](=O)[O-]. The van der Waals surface area contributed by atoms with E-state index in [2.05, 4.69) is 6.92 Å². The molecule has 0 bridgehead atoms. The van der Waals surface area contributed by atoms with Gasteiger partial charge in [-0.3, -0.25) is 14.9 Å². The molecule has 0 rings (SSSR count). The largest absolute Gasteiger partial charge is 0.291 e. The molecule has 0 aliphatic heterocycles. The molecule has 0 heterocycles. The van der Waals surface area contributed by atoms with Crippen LogP contribution in [0.15, 0.2) is 12.2 Å². The summed E-state index contributed by atoms with van der Waals surface area (Å²) in [7, 11) is 0. The first-order valence-electron chi connectivity index (χ1n) is 8.87. The second kappa shape index (κ2) is 16.2. The zero-order chi connectivity index (χ0) is 16.5. The lowest BCUT2D eigenvalue weighted by Crippen LogP contribution is -2.16. The van der Waals surface area contributed by atoms with Crippen LogP contribution in [0.2, 0.25) is 0 Å². The second-order valence-electron chi connectivity index (χ2n) is 5.93. The van der Waals surface area contributed by atoms with Crippen molar-refractivity contribution in [3.63, 3.8) is 0 Å². The number of nitro groups is 1. The lowest BCUT2D eigenvalue weighted by molar-refractivity contribution is -0.510. The summed E-state index contributed by atoms with van der Waals surface area (Å²) in [6, 6.07) is -0.509. The van der Waals surface area contributed by atoms with Gasteiger partial charge in [0.15, 0.2) is 6.29 Å². The van der Waals surface area contributed by atoms with Crippen LogP contribution in [0.4, 0.5) is 0 Å². The van der Waals surface area contributed by atoms with Gasteiger partial charge in [-0.2, -0.15) is 0 Å². The Hall–Kier alpha value is -1.19. The van der Waals surface area contributed by atoms with Crippen molar-refractivity contribution in [2.24, 2.45) is 0 Å². The molecule has 1 atom stereocenters. The molecule has 0 aromatic rings. The molecule has 22 heavy (non-hydrogen) atoms. The van der Waals surface area contributed by atoms with E-state index in [1.165, 1.54) is 12.8 Å². The maximum atomic E-state index is 11.0. The number of hydrogen-bond donors (Lipinski definition) is 0. The number of rotatable bonds is 16. The van der Waals surface area contributed by atoms with Crippen molar-refractivity contribution in [2.45, 2.75) is 96.4 Å². The van der Waals surface area contributed by atoms with E-state index in [0.717, 1.165) is 57.8 Å². The predicted octanol–water partition coefficient (Wildman–Crippen LogP) is 5.39. The van der Waals surface area contributed by atoms with Crippen LogP contribution in [0, 0.1) is 10.1 Å². The molecule has 0 spiro atoms. The monoisotopic (exact) mass is 310 g/mol. The third-order valence-electron chi connectivity index (χ3n) is 3.88. The predicted molar refractivity (Wildman–Crippen MR) is 91.3 cm³/mol. The van der Waals surface area contributed by atoms with Gasteiger partial charge >= 0.3 is 0 Å². The van der Waals surface area contributed by atoms with Crippen LogP contribution in [-0.4, -0.2) is 17.3 Å². The van der Waals surface area contributed by atoms with E-state index in [1.807, 2.05) is 12.4 Å². The molecule has 127 valence electrons. The number of allylic oxidation sites excluding steroid dienone is 1. The Kier molecular flexibility index (Phi) is 15.3. The Morgan fingerprint density at radius 2 is 1.64 bits per heavy atom. The molecular formula is C18H32NO3. The van der Waals surface area contributed by atoms with Crippen LogP contribution < -0.4 is 0 Å². The molecule has 0 aliphatic rings. The fraction of sp³-hybridized carbons (Fsp3) is 0.833. The molecule has 4 heteroatoms. The lowest BCUT2D eigenvalue weighted by Gasteiger charge is -2.05. The minimum atomic E-state index is -0.509. The van der Waals surface area contributed by atoms with Crippen molar-refractivity contribution in [3.8, 4) is 0 Å². The van der Waals surface area contributed by atoms with E-state index in [9.17, 15) is 14.9 Å². The second-order valence-corrected chi connectivity index (χ2v) is 5.93. The molecule has 0 fully saturated rings. The first-order chi connectivity index (χ1) is 10.7. The average molecular weight is 310 g/mol. The quantitative estimate of drug-likeness (QED) is 0.166. The van der Waals surface area contributed by atoms with Crippen LogP contribution in [0.3, 0.4) is 0 Å². The highest BCUT2D eigenvalue weighted by molar-refractivity contribution is 5.50. The van der Waals surface area contributed by atoms with Gasteiger partial charge in [0.2, 0.25) is 6.04 Å². The van der Waals surface area contributed by atoms with Crippen LogP contribution >= 0.6 is 0 Å². The molecule has 1 unspecified atom stereocenters. The highest BCUT2D eigenvalue weighted by atomic mass is 16.6. The van der Waals surface area contributed by atoms with Gasteiger partial charge in [-0.1, -0.05) is 57.9 Å². The van der Waals surface area contributed by atoms with Gasteiger partial charge in [0, 0.05) is 17.8 Å². The minimum Gasteiger partial charge on any atom is -0.291 e. The molecule has 0 aliphatic carbocycles. The third-order valence-corrected chi connectivity index (χ3v) is 3.88. The fourth-order valence-electron chi connectivity index (χ4n) is 2.47. The maximum Gasteiger partial charge on any atom is 0.231 e. The highest BCUT2D eigenvalue weighted by Crippen LogP contribution is 2.12. The zero-order valence-corrected chi connectivity index (χ0v) is 14.1. The van der Waals surface area contributed by atoms with Crippen molar-refractivity contribution in [2.75, 3.05) is 0 Å². The Labute approximate surface area is 135 Å². The van der Waals surface area contributed by atoms with Crippen LogP contribution in [0.5, 0.6) is 0 Å². The summed E-state index contributed by atoms with van der Waals surface area (Å²) in [4.78, 5) is 20.9. The van der Waals surface area contributed by atoms with Gasteiger partial charge < -0.3 is 0 Å². The molecule has 0 aromatic heterocycles. The van der Waals surface area contributed by atoms with E-state index in [1.54, 1.807) is 6.08 Å². The topological polar surface area (TPSA) is 60.2 Å². The number of nitrogens with zero attached hydrogens (tertiary/aromatic N) is 1. The van der Waals surface area contributed by atoms with E-state index in [4.69, 9.17) is 0 Å².